The fourth-order valence-corrected chi connectivity index (χ4v) is 2.64. The van der Waals surface area contributed by atoms with Crippen LogP contribution in [0.2, 0.25) is 5.02 Å². The second-order valence-corrected chi connectivity index (χ2v) is 5.89. The maximum Gasteiger partial charge on any atom is 0.152 e. The van der Waals surface area contributed by atoms with E-state index in [-0.39, 0.29) is 0 Å². The first-order valence-electron chi connectivity index (χ1n) is 6.97. The van der Waals surface area contributed by atoms with Crippen LogP contribution in [-0.4, -0.2) is 69.4 Å². The molecule has 1 aliphatic heterocycles. The first-order chi connectivity index (χ1) is 9.60. The molecule has 5 heteroatoms. The lowest BCUT2D eigenvalue weighted by atomic mass is 10.1. The number of likely N-dealkylation sites (N-methyl/N-ethyl adjacent to an activating group) is 1. The van der Waals surface area contributed by atoms with Gasteiger partial charge in [-0.25, -0.2) is 0 Å². The van der Waals surface area contributed by atoms with Gasteiger partial charge in [0.2, 0.25) is 0 Å². The molecule has 0 N–H and O–H groups in total. The quantitative estimate of drug-likeness (QED) is 0.775. The van der Waals surface area contributed by atoms with Crippen LogP contribution in [0.4, 0.5) is 5.69 Å². The molecule has 0 radical (unpaired) electrons. The Bertz CT molecular complexity index is 456. The summed E-state index contributed by atoms with van der Waals surface area (Å²) in [6.45, 7) is 6.16. The highest BCUT2D eigenvalue weighted by molar-refractivity contribution is 6.31. The smallest absolute Gasteiger partial charge is 0.152 e. The Morgan fingerprint density at radius 2 is 1.95 bits per heavy atom. The molecule has 1 aromatic carbocycles. The van der Waals surface area contributed by atoms with Crippen molar-refractivity contribution in [1.29, 1.82) is 0 Å². The largest absolute Gasteiger partial charge is 0.368 e. The van der Waals surface area contributed by atoms with E-state index in [1.54, 1.807) is 6.07 Å². The Morgan fingerprint density at radius 1 is 1.25 bits per heavy atom. The van der Waals surface area contributed by atoms with E-state index in [2.05, 4.69) is 28.8 Å². The molecule has 1 heterocycles. The number of anilines is 1. The number of hydrogen-bond acceptors (Lipinski definition) is 4. The van der Waals surface area contributed by atoms with Gasteiger partial charge in [-0.3, -0.25) is 9.69 Å². The van der Waals surface area contributed by atoms with Crippen molar-refractivity contribution in [1.82, 2.24) is 9.80 Å². The van der Waals surface area contributed by atoms with Crippen molar-refractivity contribution in [2.75, 3.05) is 58.3 Å². The Labute approximate surface area is 125 Å². The van der Waals surface area contributed by atoms with E-state index in [0.717, 1.165) is 51.2 Å². The summed E-state index contributed by atoms with van der Waals surface area (Å²) >= 11 is 5.94. The van der Waals surface area contributed by atoms with Crippen LogP contribution in [0.5, 0.6) is 0 Å². The lowest BCUT2D eigenvalue weighted by Gasteiger charge is -2.37. The van der Waals surface area contributed by atoms with Crippen LogP contribution in [0.3, 0.4) is 0 Å². The van der Waals surface area contributed by atoms with Gasteiger partial charge in [0.15, 0.2) is 6.29 Å². The molecule has 2 rings (SSSR count). The summed E-state index contributed by atoms with van der Waals surface area (Å²) in [6, 6.07) is 5.53. The first-order valence-corrected chi connectivity index (χ1v) is 7.34. The van der Waals surface area contributed by atoms with Gasteiger partial charge in [0.1, 0.15) is 0 Å². The maximum atomic E-state index is 11.2. The third kappa shape index (κ3) is 3.95. The predicted molar refractivity (Wildman–Crippen MR) is 84.0 cm³/mol. The van der Waals surface area contributed by atoms with Crippen molar-refractivity contribution in [2.45, 2.75) is 0 Å². The van der Waals surface area contributed by atoms with E-state index < -0.39 is 0 Å². The molecular formula is C15H22ClN3O. The van der Waals surface area contributed by atoms with Gasteiger partial charge < -0.3 is 9.80 Å². The van der Waals surface area contributed by atoms with Crippen molar-refractivity contribution in [3.05, 3.63) is 28.8 Å². The Kier molecular flexibility index (Phi) is 5.40. The Hall–Kier alpha value is -1.10. The van der Waals surface area contributed by atoms with Crippen LogP contribution in [0, 0.1) is 0 Å². The van der Waals surface area contributed by atoms with Crippen LogP contribution in [0.25, 0.3) is 0 Å². The summed E-state index contributed by atoms with van der Waals surface area (Å²) in [5, 5.41) is 0.612. The maximum absolute atomic E-state index is 11.2. The molecule has 20 heavy (non-hydrogen) atoms. The predicted octanol–water partition coefficient (Wildman–Crippen LogP) is 1.84. The molecule has 0 atom stereocenters. The molecule has 0 aromatic heterocycles. The monoisotopic (exact) mass is 295 g/mol. The number of halogens is 1. The van der Waals surface area contributed by atoms with Gasteiger partial charge in [0.25, 0.3) is 0 Å². The lowest BCUT2D eigenvalue weighted by Crippen LogP contribution is -2.48. The fourth-order valence-electron chi connectivity index (χ4n) is 2.46. The Balaban J connectivity index is 1.95. The van der Waals surface area contributed by atoms with E-state index in [1.807, 2.05) is 12.1 Å². The number of hydrogen-bond donors (Lipinski definition) is 0. The number of nitrogens with zero attached hydrogens (tertiary/aromatic N) is 3. The molecule has 0 bridgehead atoms. The number of carbonyl (C=O) groups is 1. The highest BCUT2D eigenvalue weighted by atomic mass is 35.5. The number of carbonyl (C=O) groups excluding carboxylic acids is 1. The second kappa shape index (κ2) is 7.07. The number of aldehydes is 1. The highest BCUT2D eigenvalue weighted by Gasteiger charge is 2.19. The molecule has 1 aliphatic rings. The molecule has 1 aromatic rings. The van der Waals surface area contributed by atoms with Crippen LogP contribution < -0.4 is 4.90 Å². The van der Waals surface area contributed by atoms with E-state index in [9.17, 15) is 4.79 Å². The zero-order valence-electron chi connectivity index (χ0n) is 12.2. The van der Waals surface area contributed by atoms with Gasteiger partial charge in [0, 0.05) is 55.5 Å². The van der Waals surface area contributed by atoms with Crippen molar-refractivity contribution >= 4 is 23.6 Å². The summed E-state index contributed by atoms with van der Waals surface area (Å²) in [5.41, 5.74) is 1.68. The van der Waals surface area contributed by atoms with Crippen LogP contribution in [0.15, 0.2) is 18.2 Å². The molecular weight excluding hydrogens is 274 g/mol. The van der Waals surface area contributed by atoms with Gasteiger partial charge in [0.05, 0.1) is 0 Å². The van der Waals surface area contributed by atoms with Crippen molar-refractivity contribution in [2.24, 2.45) is 0 Å². The van der Waals surface area contributed by atoms with Crippen LogP contribution in [-0.2, 0) is 0 Å². The van der Waals surface area contributed by atoms with Gasteiger partial charge >= 0.3 is 0 Å². The summed E-state index contributed by atoms with van der Waals surface area (Å²) in [4.78, 5) is 18.1. The average Bonchev–Trinajstić information content (AvgIpc) is 2.45. The Morgan fingerprint density at radius 3 is 2.55 bits per heavy atom. The van der Waals surface area contributed by atoms with Crippen LogP contribution >= 0.6 is 11.6 Å². The third-order valence-corrected chi connectivity index (χ3v) is 3.93. The van der Waals surface area contributed by atoms with Crippen molar-refractivity contribution in [3.8, 4) is 0 Å². The lowest BCUT2D eigenvalue weighted by molar-refractivity contribution is 0.112. The minimum absolute atomic E-state index is 0.612. The summed E-state index contributed by atoms with van der Waals surface area (Å²) < 4.78 is 0. The number of benzene rings is 1. The molecule has 0 amide bonds. The van der Waals surface area contributed by atoms with E-state index in [0.29, 0.717) is 10.6 Å². The minimum Gasteiger partial charge on any atom is -0.368 e. The average molecular weight is 296 g/mol. The highest BCUT2D eigenvalue weighted by Crippen LogP contribution is 2.24. The molecule has 0 aliphatic carbocycles. The standard InChI is InChI=1S/C15H22ClN3O/c1-17(2)5-6-18-7-9-19(10-8-18)15-4-3-14(16)11-13(15)12-20/h3-4,11-12H,5-10H2,1-2H3. The molecule has 4 nitrogen and oxygen atoms in total. The molecule has 0 unspecified atom stereocenters. The number of rotatable bonds is 5. The zero-order valence-corrected chi connectivity index (χ0v) is 12.9. The van der Waals surface area contributed by atoms with E-state index >= 15 is 0 Å². The summed E-state index contributed by atoms with van der Waals surface area (Å²) in [7, 11) is 4.20. The first kappa shape index (κ1) is 15.3. The summed E-state index contributed by atoms with van der Waals surface area (Å²) in [5.74, 6) is 0. The topological polar surface area (TPSA) is 26.8 Å². The fraction of sp³-hybridized carbons (Fsp3) is 0.533. The zero-order chi connectivity index (χ0) is 14.5. The second-order valence-electron chi connectivity index (χ2n) is 5.45. The van der Waals surface area contributed by atoms with Crippen molar-refractivity contribution in [3.63, 3.8) is 0 Å². The summed E-state index contributed by atoms with van der Waals surface area (Å²) in [6.07, 6.45) is 0.889. The van der Waals surface area contributed by atoms with Gasteiger partial charge in [-0.15, -0.1) is 0 Å². The molecule has 1 saturated heterocycles. The van der Waals surface area contributed by atoms with Crippen LogP contribution in [0.1, 0.15) is 10.4 Å². The molecule has 110 valence electrons. The minimum atomic E-state index is 0.612. The van der Waals surface area contributed by atoms with Crippen molar-refractivity contribution < 1.29 is 4.79 Å². The normalized spacial score (nSPS) is 16.7. The van der Waals surface area contributed by atoms with E-state index in [4.69, 9.17) is 11.6 Å². The molecule has 1 fully saturated rings. The van der Waals surface area contributed by atoms with Gasteiger partial charge in [-0.1, -0.05) is 11.6 Å². The third-order valence-electron chi connectivity index (χ3n) is 3.69. The number of piperazine rings is 1. The SMILES string of the molecule is CN(C)CCN1CCN(c2ccc(Cl)cc2C=O)CC1. The van der Waals surface area contributed by atoms with Gasteiger partial charge in [-0.2, -0.15) is 0 Å². The molecule has 0 saturated carbocycles. The van der Waals surface area contributed by atoms with E-state index in [1.165, 1.54) is 0 Å². The molecule has 0 spiro atoms. The van der Waals surface area contributed by atoms with Gasteiger partial charge in [-0.05, 0) is 32.3 Å².